The van der Waals surface area contributed by atoms with Crippen molar-refractivity contribution in [1.29, 1.82) is 0 Å². The van der Waals surface area contributed by atoms with Gasteiger partial charge in [0.05, 0.1) is 6.61 Å². The summed E-state index contributed by atoms with van der Waals surface area (Å²) in [6.45, 7) is 13.7. The van der Waals surface area contributed by atoms with E-state index in [1.807, 2.05) is 24.3 Å². The number of anilines is 2. The number of nitrogens with zero attached hydrogens (tertiary/aromatic N) is 1. The molecule has 2 aromatic carbocycles. The van der Waals surface area contributed by atoms with E-state index in [9.17, 15) is 4.39 Å². The minimum absolute atomic E-state index is 0.186. The molecule has 0 aromatic heterocycles. The van der Waals surface area contributed by atoms with Crippen molar-refractivity contribution in [2.45, 2.75) is 45.8 Å². The summed E-state index contributed by atoms with van der Waals surface area (Å²) < 4.78 is 20.7. The van der Waals surface area contributed by atoms with Gasteiger partial charge in [0, 0.05) is 29.3 Å². The number of aliphatic carboxylic acids is 1. The first-order valence-electron chi connectivity index (χ1n) is 9.45. The minimum Gasteiger partial charge on any atom is -0.481 e. The van der Waals surface area contributed by atoms with Gasteiger partial charge in [-0.2, -0.15) is 0 Å². The fourth-order valence-corrected chi connectivity index (χ4v) is 3.56. The molecule has 2 rings (SSSR count). The lowest BCUT2D eigenvalue weighted by molar-refractivity contribution is -0.134. The molecule has 0 heterocycles. The van der Waals surface area contributed by atoms with Crippen LogP contribution in [0.1, 0.15) is 27.7 Å². The van der Waals surface area contributed by atoms with E-state index in [-0.39, 0.29) is 10.9 Å². The number of carbonyl (C=O) groups is 1. The molecule has 0 saturated carbocycles. The molecular weight excluding hydrogens is 453 g/mol. The van der Waals surface area contributed by atoms with E-state index in [2.05, 4.69) is 66.8 Å². The third-order valence-corrected chi connectivity index (χ3v) is 9.93. The van der Waals surface area contributed by atoms with E-state index in [1.54, 1.807) is 0 Å². The van der Waals surface area contributed by atoms with Crippen molar-refractivity contribution in [3.05, 3.63) is 58.8 Å². The Morgan fingerprint density at radius 2 is 1.48 bits per heavy atom. The lowest BCUT2D eigenvalue weighted by Gasteiger charge is -2.37. The molecule has 0 aliphatic carbocycles. The number of carboxylic acid groups (broad SMARTS) is 1. The molecule has 0 spiro atoms. The molecule has 0 atom stereocenters. The van der Waals surface area contributed by atoms with E-state index in [0.717, 1.165) is 29.3 Å². The number of rotatable bonds is 6. The molecule has 29 heavy (non-hydrogen) atoms. The Balaban J connectivity index is 0.000000960. The fraction of sp³-hybridized carbons (Fsp3) is 0.409. The first kappa shape index (κ1) is 25.3. The van der Waals surface area contributed by atoms with Crippen LogP contribution in [0.3, 0.4) is 0 Å². The summed E-state index contributed by atoms with van der Waals surface area (Å²) in [5.74, 6) is -1.06. The van der Waals surface area contributed by atoms with Gasteiger partial charge in [0.1, 0.15) is 5.82 Å². The van der Waals surface area contributed by atoms with Crippen LogP contribution in [0.2, 0.25) is 18.1 Å². The molecule has 0 bridgehead atoms. The van der Waals surface area contributed by atoms with Crippen molar-refractivity contribution in [3.8, 4) is 0 Å². The second kappa shape index (κ2) is 10.9. The van der Waals surface area contributed by atoms with Crippen LogP contribution in [0.4, 0.5) is 15.8 Å². The maximum absolute atomic E-state index is 13.3. The normalized spacial score (nSPS) is 11.4. The highest BCUT2D eigenvalue weighted by molar-refractivity contribution is 9.10. The molecule has 4 nitrogen and oxygen atoms in total. The maximum atomic E-state index is 13.3. The largest absolute Gasteiger partial charge is 0.481 e. The van der Waals surface area contributed by atoms with Crippen LogP contribution >= 0.6 is 15.9 Å². The van der Waals surface area contributed by atoms with E-state index in [0.29, 0.717) is 6.61 Å². The lowest BCUT2D eigenvalue weighted by Crippen LogP contribution is -2.42. The zero-order valence-electron chi connectivity index (χ0n) is 18.0. The van der Waals surface area contributed by atoms with Gasteiger partial charge in [0.15, 0.2) is 8.32 Å². The van der Waals surface area contributed by atoms with Crippen LogP contribution in [0.15, 0.2) is 53.0 Å². The van der Waals surface area contributed by atoms with Gasteiger partial charge in [-0.1, -0.05) is 36.7 Å². The second-order valence-electron chi connectivity index (χ2n) is 8.23. The molecular formula is C22H31BrFNO3Si. The van der Waals surface area contributed by atoms with Crippen molar-refractivity contribution in [2.75, 3.05) is 18.1 Å². The van der Waals surface area contributed by atoms with Gasteiger partial charge >= 0.3 is 0 Å². The number of hydrogen-bond acceptors (Lipinski definition) is 3. The molecule has 0 radical (unpaired) electrons. The average Bonchev–Trinajstić information content (AvgIpc) is 2.59. The molecule has 7 heteroatoms. The van der Waals surface area contributed by atoms with Gasteiger partial charge in [-0.3, -0.25) is 4.79 Å². The highest BCUT2D eigenvalue weighted by Crippen LogP contribution is 2.36. The van der Waals surface area contributed by atoms with Gasteiger partial charge in [-0.25, -0.2) is 4.39 Å². The van der Waals surface area contributed by atoms with Crippen LogP contribution in [0.5, 0.6) is 0 Å². The van der Waals surface area contributed by atoms with Crippen LogP contribution in [0.25, 0.3) is 0 Å². The predicted octanol–water partition coefficient (Wildman–Crippen LogP) is 6.84. The number of carboxylic acids is 1. The summed E-state index contributed by atoms with van der Waals surface area (Å²) in [4.78, 5) is 11.2. The Morgan fingerprint density at radius 1 is 1.07 bits per heavy atom. The fourth-order valence-electron chi connectivity index (χ4n) is 2.26. The molecule has 0 amide bonds. The highest BCUT2D eigenvalue weighted by Gasteiger charge is 2.37. The number of benzene rings is 2. The van der Waals surface area contributed by atoms with Crippen LogP contribution in [0, 0.1) is 5.82 Å². The first-order valence-corrected chi connectivity index (χ1v) is 13.2. The molecule has 0 aliphatic heterocycles. The second-order valence-corrected chi connectivity index (χ2v) is 14.0. The van der Waals surface area contributed by atoms with Crippen molar-refractivity contribution in [3.63, 3.8) is 0 Å². The molecule has 1 N–H and O–H groups in total. The monoisotopic (exact) mass is 483 g/mol. The quantitative estimate of drug-likeness (QED) is 0.456. The molecule has 0 saturated heterocycles. The molecule has 2 aromatic rings. The van der Waals surface area contributed by atoms with E-state index < -0.39 is 14.3 Å². The van der Waals surface area contributed by atoms with Gasteiger partial charge in [-0.05, 0) is 66.7 Å². The van der Waals surface area contributed by atoms with Crippen LogP contribution in [-0.2, 0) is 9.22 Å². The SMILES string of the molecule is CC(=O)O.CC(C)(C)[Si](C)(C)OCCN(c1ccc(F)cc1)c1ccc(Br)cc1. The zero-order valence-corrected chi connectivity index (χ0v) is 20.6. The van der Waals surface area contributed by atoms with Gasteiger partial charge < -0.3 is 14.4 Å². The molecule has 0 fully saturated rings. The minimum atomic E-state index is -1.79. The standard InChI is InChI=1S/C20H27BrFNOSi.C2H4O2/c1-20(2,3)25(4,5)24-15-14-23(18-10-6-16(21)7-11-18)19-12-8-17(22)9-13-19;1-2(3)4/h6-13H,14-15H2,1-5H3;1H3,(H,3,4). The topological polar surface area (TPSA) is 49.8 Å². The van der Waals surface area contributed by atoms with Gasteiger partial charge in [0.2, 0.25) is 0 Å². The Morgan fingerprint density at radius 3 is 1.90 bits per heavy atom. The van der Waals surface area contributed by atoms with Crippen LogP contribution < -0.4 is 4.90 Å². The van der Waals surface area contributed by atoms with E-state index in [1.165, 1.54) is 12.1 Å². The smallest absolute Gasteiger partial charge is 0.300 e. The summed E-state index contributed by atoms with van der Waals surface area (Å²) in [6.07, 6.45) is 0. The molecule has 0 unspecified atom stereocenters. The first-order chi connectivity index (χ1) is 13.3. The highest BCUT2D eigenvalue weighted by atomic mass is 79.9. The number of halogens is 2. The van der Waals surface area contributed by atoms with Crippen molar-refractivity contribution in [1.82, 2.24) is 0 Å². The van der Waals surface area contributed by atoms with E-state index in [4.69, 9.17) is 14.3 Å². The summed E-state index contributed by atoms with van der Waals surface area (Å²) in [6, 6.07) is 14.7. The maximum Gasteiger partial charge on any atom is 0.300 e. The summed E-state index contributed by atoms with van der Waals surface area (Å²) in [5.41, 5.74) is 2.02. The number of hydrogen-bond donors (Lipinski definition) is 1. The lowest BCUT2D eigenvalue weighted by atomic mass is 10.2. The van der Waals surface area contributed by atoms with Crippen molar-refractivity contribution < 1.29 is 18.7 Å². The Labute approximate surface area is 183 Å². The summed E-state index contributed by atoms with van der Waals surface area (Å²) >= 11 is 3.47. The van der Waals surface area contributed by atoms with Gasteiger partial charge in [0.25, 0.3) is 5.97 Å². The predicted molar refractivity (Wildman–Crippen MR) is 124 cm³/mol. The third-order valence-electron chi connectivity index (χ3n) is 4.86. The Kier molecular flexibility index (Phi) is 9.52. The van der Waals surface area contributed by atoms with Crippen LogP contribution in [-0.4, -0.2) is 32.5 Å². The Bertz CT molecular complexity index is 725. The van der Waals surface area contributed by atoms with Crippen molar-refractivity contribution >= 4 is 41.6 Å². The van der Waals surface area contributed by atoms with Crippen molar-refractivity contribution in [2.24, 2.45) is 0 Å². The third kappa shape index (κ3) is 8.68. The van der Waals surface area contributed by atoms with Gasteiger partial charge in [-0.15, -0.1) is 0 Å². The Hall–Kier alpha value is -1.70. The van der Waals surface area contributed by atoms with E-state index >= 15 is 0 Å². The molecule has 160 valence electrons. The summed E-state index contributed by atoms with van der Waals surface area (Å²) in [5, 5.41) is 7.60. The molecule has 0 aliphatic rings. The zero-order chi connectivity index (χ0) is 22.2. The average molecular weight is 484 g/mol. The summed E-state index contributed by atoms with van der Waals surface area (Å²) in [7, 11) is -1.79.